The summed E-state index contributed by atoms with van der Waals surface area (Å²) >= 11 is 0. The SMILES string of the molecule is O=C(F)C(F)(F)C(F)(F)C(F)(F)C(F)(F)C(F)(F)F.[Na]. The van der Waals surface area contributed by atoms with E-state index in [1.165, 1.54) is 0 Å². The largest absolute Gasteiger partial charge is 0.460 e. The average Bonchev–Trinajstić information content (AvgIpc) is 2.14. The zero-order valence-corrected chi connectivity index (χ0v) is 10.9. The molecule has 0 saturated carbocycles. The van der Waals surface area contributed by atoms with Crippen LogP contribution in [0.4, 0.5) is 52.7 Å². The van der Waals surface area contributed by atoms with Crippen LogP contribution in [0.5, 0.6) is 0 Å². The molecule has 0 heterocycles. The summed E-state index contributed by atoms with van der Waals surface area (Å²) in [5, 5.41) is 0. The molecule has 14 heteroatoms. The Labute approximate surface area is 123 Å². The number of carbonyl (C=O) groups is 1. The first-order valence-corrected chi connectivity index (χ1v) is 3.72. The van der Waals surface area contributed by atoms with Crippen molar-refractivity contribution in [1.29, 1.82) is 0 Å². The molecule has 0 aliphatic rings. The predicted octanol–water partition coefficient (Wildman–Crippen LogP) is 3.21. The molecule has 0 aliphatic heterocycles. The number of carbonyl (C=O) groups excluding carboxylic acids is 1. The van der Waals surface area contributed by atoms with Crippen LogP contribution in [0.3, 0.4) is 0 Å². The third-order valence-corrected chi connectivity index (χ3v) is 1.79. The van der Waals surface area contributed by atoms with Gasteiger partial charge in [-0.1, -0.05) is 0 Å². The first kappa shape index (κ1) is 22.1. The second-order valence-electron chi connectivity index (χ2n) is 3.07. The molecule has 0 atom stereocenters. The molecule has 0 saturated heterocycles. The molecule has 115 valence electrons. The molecule has 0 aromatic heterocycles. The molecular weight excluding hydrogens is 339 g/mol. The van der Waals surface area contributed by atoms with E-state index >= 15 is 0 Å². The van der Waals surface area contributed by atoms with Gasteiger partial charge in [0.25, 0.3) is 0 Å². The van der Waals surface area contributed by atoms with E-state index in [0.717, 1.165) is 0 Å². The molecule has 0 aromatic carbocycles. The minimum Gasteiger partial charge on any atom is -0.254 e. The van der Waals surface area contributed by atoms with Gasteiger partial charge in [0.2, 0.25) is 0 Å². The van der Waals surface area contributed by atoms with E-state index in [2.05, 4.69) is 0 Å². The molecule has 0 aliphatic carbocycles. The van der Waals surface area contributed by atoms with Crippen LogP contribution in [0, 0.1) is 0 Å². The van der Waals surface area contributed by atoms with Gasteiger partial charge in [-0.05, 0) is 0 Å². The van der Waals surface area contributed by atoms with Crippen LogP contribution < -0.4 is 0 Å². The van der Waals surface area contributed by atoms with Crippen molar-refractivity contribution in [2.45, 2.75) is 29.9 Å². The quantitative estimate of drug-likeness (QED) is 0.437. The molecule has 0 unspecified atom stereocenters. The van der Waals surface area contributed by atoms with Gasteiger partial charge in [-0.25, -0.2) is 0 Å². The average molecular weight is 339 g/mol. The second-order valence-corrected chi connectivity index (χ2v) is 3.07. The molecule has 0 bridgehead atoms. The molecule has 1 nitrogen and oxygen atoms in total. The summed E-state index contributed by atoms with van der Waals surface area (Å²) in [6, 6.07) is -4.49. The fraction of sp³-hybridized carbons (Fsp3) is 0.833. The van der Waals surface area contributed by atoms with E-state index < -0.39 is 35.9 Å². The van der Waals surface area contributed by atoms with Crippen molar-refractivity contribution in [3.05, 3.63) is 0 Å². The summed E-state index contributed by atoms with van der Waals surface area (Å²) in [5.74, 6) is -30.1. The maximum atomic E-state index is 12.3. The van der Waals surface area contributed by atoms with Crippen molar-refractivity contribution in [3.8, 4) is 0 Å². The fourth-order valence-electron chi connectivity index (χ4n) is 0.696. The molecule has 0 N–H and O–H groups in total. The van der Waals surface area contributed by atoms with Gasteiger partial charge in [0.1, 0.15) is 0 Å². The van der Waals surface area contributed by atoms with Gasteiger partial charge in [0.05, 0.1) is 0 Å². The van der Waals surface area contributed by atoms with Crippen molar-refractivity contribution in [2.24, 2.45) is 0 Å². The van der Waals surface area contributed by atoms with Gasteiger partial charge in [-0.3, -0.25) is 4.79 Å². The summed E-state index contributed by atoms with van der Waals surface area (Å²) in [5.41, 5.74) is 0. The first-order chi connectivity index (χ1) is 7.94. The Balaban J connectivity index is 0. The minimum atomic E-state index is -7.76. The van der Waals surface area contributed by atoms with E-state index in [4.69, 9.17) is 0 Å². The van der Waals surface area contributed by atoms with Crippen molar-refractivity contribution in [3.63, 3.8) is 0 Å². The summed E-state index contributed by atoms with van der Waals surface area (Å²) in [4.78, 5) is 9.38. The Hall–Kier alpha value is -0.170. The third-order valence-electron chi connectivity index (χ3n) is 1.79. The minimum absolute atomic E-state index is 0. The number of alkyl halides is 11. The molecule has 0 amide bonds. The van der Waals surface area contributed by atoms with Crippen LogP contribution >= 0.6 is 0 Å². The maximum absolute atomic E-state index is 12.3. The predicted molar refractivity (Wildman–Crippen MR) is 37.7 cm³/mol. The normalized spacial score (nSPS) is 14.8. The summed E-state index contributed by atoms with van der Waals surface area (Å²) in [6.45, 7) is 0. The zero-order valence-electron chi connectivity index (χ0n) is 8.94. The van der Waals surface area contributed by atoms with Crippen LogP contribution in [-0.2, 0) is 4.79 Å². The number of hydrogen-bond acceptors (Lipinski definition) is 1. The molecule has 0 spiro atoms. The van der Waals surface area contributed by atoms with Gasteiger partial charge in [0.15, 0.2) is 0 Å². The standard InChI is InChI=1S/C6F12O.Na/c7-1(19)2(8,9)3(10,11)4(12,13)5(14,15)6(16,17)18;. The molecule has 0 aromatic rings. The van der Waals surface area contributed by atoms with Gasteiger partial charge in [0, 0.05) is 29.6 Å². The van der Waals surface area contributed by atoms with Crippen LogP contribution in [0.2, 0.25) is 0 Å². The van der Waals surface area contributed by atoms with Crippen LogP contribution in [0.1, 0.15) is 0 Å². The van der Waals surface area contributed by atoms with Crippen molar-refractivity contribution in [2.75, 3.05) is 0 Å². The monoisotopic (exact) mass is 339 g/mol. The topological polar surface area (TPSA) is 17.1 Å². The molecule has 0 fully saturated rings. The number of rotatable bonds is 4. The summed E-state index contributed by atoms with van der Waals surface area (Å²) in [7, 11) is 0. The van der Waals surface area contributed by atoms with E-state index in [0.29, 0.717) is 0 Å². The van der Waals surface area contributed by atoms with Gasteiger partial charge in [-0.2, -0.15) is 52.7 Å². The number of hydrogen-bond donors (Lipinski definition) is 0. The summed E-state index contributed by atoms with van der Waals surface area (Å²) in [6.07, 6.45) is -7.34. The maximum Gasteiger partial charge on any atom is 0.460 e. The molecule has 1 radical (unpaired) electrons. The molecule has 0 rings (SSSR count). The number of halogens is 12. The van der Waals surface area contributed by atoms with Crippen molar-refractivity contribution < 1.29 is 57.5 Å². The molecule has 20 heavy (non-hydrogen) atoms. The Morgan fingerprint density at radius 3 is 1.10 bits per heavy atom. The van der Waals surface area contributed by atoms with E-state index in [9.17, 15) is 57.5 Å². The van der Waals surface area contributed by atoms with E-state index in [1.54, 1.807) is 0 Å². The van der Waals surface area contributed by atoms with Gasteiger partial charge < -0.3 is 0 Å². The van der Waals surface area contributed by atoms with Crippen LogP contribution in [0.15, 0.2) is 0 Å². The van der Waals surface area contributed by atoms with E-state index in [-0.39, 0.29) is 29.6 Å². The second kappa shape index (κ2) is 5.55. The van der Waals surface area contributed by atoms with Crippen LogP contribution in [0.25, 0.3) is 0 Å². The Morgan fingerprint density at radius 1 is 0.600 bits per heavy atom. The smallest absolute Gasteiger partial charge is 0.254 e. The van der Waals surface area contributed by atoms with Crippen LogP contribution in [-0.4, -0.2) is 65.5 Å². The Morgan fingerprint density at radius 2 is 0.900 bits per heavy atom. The first-order valence-electron chi connectivity index (χ1n) is 3.72. The third kappa shape index (κ3) is 2.89. The van der Waals surface area contributed by atoms with Gasteiger partial charge >= 0.3 is 35.9 Å². The van der Waals surface area contributed by atoms with Gasteiger partial charge in [-0.15, -0.1) is 0 Å². The zero-order chi connectivity index (χ0) is 16.1. The van der Waals surface area contributed by atoms with Crippen molar-refractivity contribution >= 4 is 35.6 Å². The van der Waals surface area contributed by atoms with E-state index in [1.807, 2.05) is 0 Å². The fourth-order valence-corrected chi connectivity index (χ4v) is 0.696. The van der Waals surface area contributed by atoms with Crippen molar-refractivity contribution in [1.82, 2.24) is 0 Å². The summed E-state index contributed by atoms with van der Waals surface area (Å²) < 4.78 is 143. The Bertz CT molecular complexity index is 371. The Kier molecular flexibility index (Phi) is 6.14. The molecular formula is C6F12NaO.